The van der Waals surface area contributed by atoms with Crippen LogP contribution in [0.2, 0.25) is 0 Å². The van der Waals surface area contributed by atoms with E-state index in [-0.39, 0.29) is 23.5 Å². The molecular formula is C15H29NO2. The lowest BCUT2D eigenvalue weighted by Gasteiger charge is -2.27. The van der Waals surface area contributed by atoms with Gasteiger partial charge in [0, 0.05) is 6.04 Å². The van der Waals surface area contributed by atoms with Crippen LogP contribution in [0.15, 0.2) is 0 Å². The van der Waals surface area contributed by atoms with Crippen molar-refractivity contribution in [2.45, 2.75) is 78.4 Å². The highest BCUT2D eigenvalue weighted by atomic mass is 16.5. The van der Waals surface area contributed by atoms with Crippen molar-refractivity contribution in [2.75, 3.05) is 0 Å². The average Bonchev–Trinajstić information content (AvgIpc) is 2.13. The molecule has 3 heteroatoms. The quantitative estimate of drug-likeness (QED) is 0.784. The highest BCUT2D eigenvalue weighted by Gasteiger charge is 2.24. The van der Waals surface area contributed by atoms with Gasteiger partial charge in [0.1, 0.15) is 6.10 Å². The van der Waals surface area contributed by atoms with Crippen LogP contribution in [0.5, 0.6) is 0 Å². The van der Waals surface area contributed by atoms with Gasteiger partial charge in [-0.05, 0) is 37.0 Å². The predicted molar refractivity (Wildman–Crippen MR) is 74.2 cm³/mol. The van der Waals surface area contributed by atoms with Gasteiger partial charge in [0.05, 0.1) is 6.42 Å². The van der Waals surface area contributed by atoms with Crippen molar-refractivity contribution in [1.29, 1.82) is 0 Å². The zero-order chi connectivity index (χ0) is 13.8. The van der Waals surface area contributed by atoms with E-state index in [9.17, 15) is 4.79 Å². The lowest BCUT2D eigenvalue weighted by Crippen LogP contribution is -2.32. The van der Waals surface area contributed by atoms with Crippen molar-refractivity contribution in [3.63, 3.8) is 0 Å². The van der Waals surface area contributed by atoms with Gasteiger partial charge in [-0.3, -0.25) is 4.79 Å². The minimum absolute atomic E-state index is 0.0847. The molecule has 3 atom stereocenters. The maximum atomic E-state index is 11.8. The van der Waals surface area contributed by atoms with E-state index < -0.39 is 0 Å². The molecular weight excluding hydrogens is 226 g/mol. The molecule has 0 saturated heterocycles. The summed E-state index contributed by atoms with van der Waals surface area (Å²) in [5.74, 6) is 0.561. The zero-order valence-electron chi connectivity index (χ0n) is 12.4. The molecule has 1 aliphatic rings. The first-order valence-electron chi connectivity index (χ1n) is 7.21. The number of esters is 1. The van der Waals surface area contributed by atoms with Gasteiger partial charge in [0.25, 0.3) is 0 Å². The first kappa shape index (κ1) is 15.5. The second-order valence-electron chi connectivity index (χ2n) is 7.11. The molecule has 106 valence electrons. The van der Waals surface area contributed by atoms with Crippen molar-refractivity contribution < 1.29 is 9.53 Å². The first-order chi connectivity index (χ1) is 8.26. The Balaban J connectivity index is 2.28. The van der Waals surface area contributed by atoms with Crippen molar-refractivity contribution in [3.05, 3.63) is 0 Å². The standard InChI is InChI=1S/C15H29NO2/c1-11-6-5-7-13(8-11)18-14(17)9-12(16)10-15(2,3)4/h11-13H,5-10,16H2,1-4H3. The van der Waals surface area contributed by atoms with Crippen molar-refractivity contribution in [2.24, 2.45) is 17.1 Å². The van der Waals surface area contributed by atoms with Gasteiger partial charge in [-0.15, -0.1) is 0 Å². The van der Waals surface area contributed by atoms with E-state index in [0.29, 0.717) is 12.3 Å². The van der Waals surface area contributed by atoms with Gasteiger partial charge in [0.2, 0.25) is 0 Å². The van der Waals surface area contributed by atoms with E-state index in [0.717, 1.165) is 19.3 Å². The molecule has 0 aliphatic heterocycles. The van der Waals surface area contributed by atoms with Crippen LogP contribution in [0.4, 0.5) is 0 Å². The minimum Gasteiger partial charge on any atom is -0.462 e. The van der Waals surface area contributed by atoms with Crippen molar-refractivity contribution in [1.82, 2.24) is 0 Å². The van der Waals surface area contributed by atoms with Crippen LogP contribution in [-0.4, -0.2) is 18.1 Å². The van der Waals surface area contributed by atoms with Gasteiger partial charge in [-0.25, -0.2) is 0 Å². The summed E-state index contributed by atoms with van der Waals surface area (Å²) in [6, 6.07) is -0.0847. The number of carbonyl (C=O) groups is 1. The smallest absolute Gasteiger partial charge is 0.307 e. The third kappa shape index (κ3) is 6.39. The summed E-state index contributed by atoms with van der Waals surface area (Å²) in [4.78, 5) is 11.8. The Morgan fingerprint density at radius 1 is 1.39 bits per heavy atom. The van der Waals surface area contributed by atoms with Crippen LogP contribution >= 0.6 is 0 Å². The maximum absolute atomic E-state index is 11.8. The summed E-state index contributed by atoms with van der Waals surface area (Å²) in [7, 11) is 0. The number of ether oxygens (including phenoxy) is 1. The average molecular weight is 255 g/mol. The van der Waals surface area contributed by atoms with E-state index in [1.54, 1.807) is 0 Å². The number of rotatable bonds is 4. The first-order valence-corrected chi connectivity index (χ1v) is 7.21. The molecule has 0 aromatic carbocycles. The van der Waals surface area contributed by atoms with Gasteiger partial charge in [0.15, 0.2) is 0 Å². The largest absolute Gasteiger partial charge is 0.462 e. The van der Waals surface area contributed by atoms with Crippen LogP contribution < -0.4 is 5.73 Å². The fraction of sp³-hybridized carbons (Fsp3) is 0.933. The highest BCUT2D eigenvalue weighted by Crippen LogP contribution is 2.26. The summed E-state index contributed by atoms with van der Waals surface area (Å²) < 4.78 is 5.53. The van der Waals surface area contributed by atoms with Gasteiger partial charge in [-0.1, -0.05) is 34.1 Å². The van der Waals surface area contributed by atoms with E-state index in [1.165, 1.54) is 12.8 Å². The molecule has 1 rings (SSSR count). The molecule has 0 amide bonds. The van der Waals surface area contributed by atoms with E-state index in [2.05, 4.69) is 27.7 Å². The third-order valence-corrected chi connectivity index (χ3v) is 3.49. The Kier molecular flexibility index (Phi) is 5.64. The summed E-state index contributed by atoms with van der Waals surface area (Å²) >= 11 is 0. The summed E-state index contributed by atoms with van der Waals surface area (Å²) in [6.07, 6.45) is 5.80. The lowest BCUT2D eigenvalue weighted by atomic mass is 9.87. The molecule has 1 saturated carbocycles. The maximum Gasteiger partial charge on any atom is 0.307 e. The van der Waals surface area contributed by atoms with Gasteiger partial charge >= 0.3 is 5.97 Å². The molecule has 2 N–H and O–H groups in total. The molecule has 1 fully saturated rings. The summed E-state index contributed by atoms with van der Waals surface area (Å²) in [5.41, 5.74) is 6.16. The van der Waals surface area contributed by atoms with Crippen LogP contribution in [0.25, 0.3) is 0 Å². The van der Waals surface area contributed by atoms with Crippen LogP contribution in [0.3, 0.4) is 0 Å². The van der Waals surface area contributed by atoms with Crippen LogP contribution in [-0.2, 0) is 9.53 Å². The van der Waals surface area contributed by atoms with E-state index in [4.69, 9.17) is 10.5 Å². The Morgan fingerprint density at radius 3 is 2.61 bits per heavy atom. The number of carbonyl (C=O) groups excluding carboxylic acids is 1. The third-order valence-electron chi connectivity index (χ3n) is 3.49. The molecule has 0 heterocycles. The Morgan fingerprint density at radius 2 is 2.06 bits per heavy atom. The van der Waals surface area contributed by atoms with Crippen molar-refractivity contribution >= 4 is 5.97 Å². The monoisotopic (exact) mass is 255 g/mol. The number of hydrogen-bond donors (Lipinski definition) is 1. The Labute approximate surface area is 111 Å². The molecule has 3 unspecified atom stereocenters. The zero-order valence-corrected chi connectivity index (χ0v) is 12.4. The summed E-state index contributed by atoms with van der Waals surface area (Å²) in [6.45, 7) is 8.65. The Hall–Kier alpha value is -0.570. The van der Waals surface area contributed by atoms with Gasteiger partial charge < -0.3 is 10.5 Å². The topological polar surface area (TPSA) is 52.3 Å². The lowest BCUT2D eigenvalue weighted by molar-refractivity contribution is -0.151. The summed E-state index contributed by atoms with van der Waals surface area (Å²) in [5, 5.41) is 0. The van der Waals surface area contributed by atoms with Gasteiger partial charge in [-0.2, -0.15) is 0 Å². The van der Waals surface area contributed by atoms with E-state index >= 15 is 0 Å². The predicted octanol–water partition coefficient (Wildman–Crippen LogP) is 3.26. The Bertz CT molecular complexity index is 270. The molecule has 3 nitrogen and oxygen atoms in total. The molecule has 18 heavy (non-hydrogen) atoms. The van der Waals surface area contributed by atoms with Crippen LogP contribution in [0, 0.1) is 11.3 Å². The highest BCUT2D eigenvalue weighted by molar-refractivity contribution is 5.70. The minimum atomic E-state index is -0.120. The van der Waals surface area contributed by atoms with Crippen LogP contribution in [0.1, 0.15) is 66.2 Å². The molecule has 0 bridgehead atoms. The number of hydrogen-bond acceptors (Lipinski definition) is 3. The fourth-order valence-corrected chi connectivity index (χ4v) is 2.79. The molecule has 0 aromatic rings. The molecule has 0 radical (unpaired) electrons. The normalized spacial score (nSPS) is 26.7. The molecule has 0 spiro atoms. The molecule has 1 aliphatic carbocycles. The number of nitrogens with two attached hydrogens (primary N) is 1. The second-order valence-corrected chi connectivity index (χ2v) is 7.11. The SMILES string of the molecule is CC1CCCC(OC(=O)CC(N)CC(C)(C)C)C1. The second kappa shape index (κ2) is 6.55. The van der Waals surface area contributed by atoms with Crippen molar-refractivity contribution in [3.8, 4) is 0 Å². The molecule has 0 aromatic heterocycles. The fourth-order valence-electron chi connectivity index (χ4n) is 2.79. The van der Waals surface area contributed by atoms with E-state index in [1.807, 2.05) is 0 Å².